The van der Waals surface area contributed by atoms with Crippen molar-refractivity contribution >= 4 is 17.6 Å². The maximum absolute atomic E-state index is 11.1. The molecule has 0 amide bonds. The zero-order valence-corrected chi connectivity index (χ0v) is 11.9. The van der Waals surface area contributed by atoms with E-state index in [0.29, 0.717) is 5.02 Å². The minimum atomic E-state index is -0.929. The topological polar surface area (TPSA) is 37.3 Å². The van der Waals surface area contributed by atoms with Crippen LogP contribution >= 0.6 is 11.6 Å². The SMILES string of the molecule is Cc1cc(Cl)c(-c2cc(C(=O)O)ccc2C)cc1C. The number of rotatable bonds is 2. The van der Waals surface area contributed by atoms with Crippen molar-refractivity contribution in [3.63, 3.8) is 0 Å². The first kappa shape index (κ1) is 13.6. The highest BCUT2D eigenvalue weighted by atomic mass is 35.5. The summed E-state index contributed by atoms with van der Waals surface area (Å²) >= 11 is 6.29. The molecule has 2 rings (SSSR count). The van der Waals surface area contributed by atoms with Gasteiger partial charge in [0, 0.05) is 10.6 Å². The van der Waals surface area contributed by atoms with Crippen molar-refractivity contribution in [3.8, 4) is 11.1 Å². The second-order valence-corrected chi connectivity index (χ2v) is 5.16. The molecule has 0 aliphatic heterocycles. The van der Waals surface area contributed by atoms with Crippen LogP contribution in [0.5, 0.6) is 0 Å². The number of hydrogen-bond donors (Lipinski definition) is 1. The van der Waals surface area contributed by atoms with Crippen molar-refractivity contribution in [2.45, 2.75) is 20.8 Å². The Kier molecular flexibility index (Phi) is 3.63. The number of hydrogen-bond acceptors (Lipinski definition) is 1. The fourth-order valence-electron chi connectivity index (χ4n) is 2.03. The lowest BCUT2D eigenvalue weighted by Crippen LogP contribution is -1.98. The summed E-state index contributed by atoms with van der Waals surface area (Å²) in [5, 5.41) is 9.73. The molecule has 0 bridgehead atoms. The summed E-state index contributed by atoms with van der Waals surface area (Å²) < 4.78 is 0. The molecular formula is C16H15ClO2. The monoisotopic (exact) mass is 274 g/mol. The number of carboxylic acids is 1. The van der Waals surface area contributed by atoms with Crippen LogP contribution in [0.1, 0.15) is 27.0 Å². The summed E-state index contributed by atoms with van der Waals surface area (Å²) in [6, 6.07) is 9.01. The molecule has 0 radical (unpaired) electrons. The van der Waals surface area contributed by atoms with E-state index >= 15 is 0 Å². The third-order valence-electron chi connectivity index (χ3n) is 3.36. The average Bonchev–Trinajstić information content (AvgIpc) is 2.34. The lowest BCUT2D eigenvalue weighted by Gasteiger charge is -2.12. The lowest BCUT2D eigenvalue weighted by atomic mass is 9.95. The molecule has 0 aliphatic carbocycles. The fraction of sp³-hybridized carbons (Fsp3) is 0.188. The predicted molar refractivity (Wildman–Crippen MR) is 78.1 cm³/mol. The summed E-state index contributed by atoms with van der Waals surface area (Å²) in [4.78, 5) is 11.1. The number of aromatic carboxylic acids is 1. The van der Waals surface area contributed by atoms with E-state index in [2.05, 4.69) is 0 Å². The zero-order valence-electron chi connectivity index (χ0n) is 11.1. The Labute approximate surface area is 117 Å². The van der Waals surface area contributed by atoms with Crippen LogP contribution < -0.4 is 0 Å². The highest BCUT2D eigenvalue weighted by Gasteiger charge is 2.11. The van der Waals surface area contributed by atoms with E-state index in [1.54, 1.807) is 12.1 Å². The van der Waals surface area contributed by atoms with Gasteiger partial charge in [-0.05, 0) is 67.3 Å². The first-order chi connectivity index (χ1) is 8.90. The minimum Gasteiger partial charge on any atom is -0.478 e. The second-order valence-electron chi connectivity index (χ2n) is 4.75. The van der Waals surface area contributed by atoms with E-state index in [1.807, 2.05) is 39.0 Å². The maximum atomic E-state index is 11.1. The Morgan fingerprint density at radius 3 is 2.21 bits per heavy atom. The summed E-state index contributed by atoms with van der Waals surface area (Å²) in [6.07, 6.45) is 0. The van der Waals surface area contributed by atoms with Crippen molar-refractivity contribution < 1.29 is 9.90 Å². The molecule has 0 atom stereocenters. The van der Waals surface area contributed by atoms with Crippen LogP contribution in [0, 0.1) is 20.8 Å². The van der Waals surface area contributed by atoms with Crippen molar-refractivity contribution in [1.82, 2.24) is 0 Å². The van der Waals surface area contributed by atoms with Crippen molar-refractivity contribution in [1.29, 1.82) is 0 Å². The standard InChI is InChI=1S/C16H15ClO2/c1-9-4-5-12(16(18)19)8-13(9)14-6-10(2)11(3)7-15(14)17/h4-8H,1-3H3,(H,18,19). The largest absolute Gasteiger partial charge is 0.478 e. The van der Waals surface area contributed by atoms with E-state index < -0.39 is 5.97 Å². The van der Waals surface area contributed by atoms with Crippen LogP contribution in [0.4, 0.5) is 0 Å². The maximum Gasteiger partial charge on any atom is 0.335 e. The van der Waals surface area contributed by atoms with Gasteiger partial charge in [-0.3, -0.25) is 0 Å². The van der Waals surface area contributed by atoms with E-state index in [1.165, 1.54) is 0 Å². The second kappa shape index (κ2) is 5.06. The van der Waals surface area contributed by atoms with Gasteiger partial charge in [-0.25, -0.2) is 4.79 Å². The Morgan fingerprint density at radius 2 is 1.58 bits per heavy atom. The van der Waals surface area contributed by atoms with Gasteiger partial charge in [-0.2, -0.15) is 0 Å². The van der Waals surface area contributed by atoms with Crippen LogP contribution in [0.3, 0.4) is 0 Å². The summed E-state index contributed by atoms with van der Waals surface area (Å²) in [7, 11) is 0. The van der Waals surface area contributed by atoms with Gasteiger partial charge >= 0.3 is 5.97 Å². The van der Waals surface area contributed by atoms with Crippen molar-refractivity contribution in [2.24, 2.45) is 0 Å². The summed E-state index contributed by atoms with van der Waals surface area (Å²) in [5.41, 5.74) is 5.30. The normalized spacial score (nSPS) is 10.5. The molecule has 0 saturated carbocycles. The van der Waals surface area contributed by atoms with Gasteiger partial charge in [0.15, 0.2) is 0 Å². The van der Waals surface area contributed by atoms with Gasteiger partial charge in [0.25, 0.3) is 0 Å². The summed E-state index contributed by atoms with van der Waals surface area (Å²) in [5.74, 6) is -0.929. The highest BCUT2D eigenvalue weighted by Crippen LogP contribution is 2.33. The molecule has 0 aliphatic rings. The molecule has 0 fully saturated rings. The third kappa shape index (κ3) is 2.64. The van der Waals surface area contributed by atoms with Gasteiger partial charge in [0.2, 0.25) is 0 Å². The number of carboxylic acid groups (broad SMARTS) is 1. The van der Waals surface area contributed by atoms with E-state index in [4.69, 9.17) is 16.7 Å². The van der Waals surface area contributed by atoms with Crippen LogP contribution in [0.15, 0.2) is 30.3 Å². The molecular weight excluding hydrogens is 260 g/mol. The molecule has 98 valence electrons. The lowest BCUT2D eigenvalue weighted by molar-refractivity contribution is 0.0697. The summed E-state index contributed by atoms with van der Waals surface area (Å²) in [6.45, 7) is 5.98. The van der Waals surface area contributed by atoms with Crippen LogP contribution in [0.2, 0.25) is 5.02 Å². The molecule has 19 heavy (non-hydrogen) atoms. The number of aryl methyl sites for hydroxylation is 3. The zero-order chi connectivity index (χ0) is 14.2. The molecule has 2 aromatic rings. The van der Waals surface area contributed by atoms with Crippen molar-refractivity contribution in [3.05, 3.63) is 57.6 Å². The first-order valence-electron chi connectivity index (χ1n) is 6.01. The molecule has 0 unspecified atom stereocenters. The molecule has 0 heterocycles. The minimum absolute atomic E-state index is 0.273. The van der Waals surface area contributed by atoms with E-state index in [-0.39, 0.29) is 5.56 Å². The Bertz CT molecular complexity index is 660. The first-order valence-corrected chi connectivity index (χ1v) is 6.39. The predicted octanol–water partition coefficient (Wildman–Crippen LogP) is 4.63. The highest BCUT2D eigenvalue weighted by molar-refractivity contribution is 6.33. The van der Waals surface area contributed by atoms with Crippen molar-refractivity contribution in [2.75, 3.05) is 0 Å². The van der Waals surface area contributed by atoms with Crippen LogP contribution in [0.25, 0.3) is 11.1 Å². The Balaban J connectivity index is 2.67. The molecule has 1 N–H and O–H groups in total. The van der Waals surface area contributed by atoms with E-state index in [9.17, 15) is 4.79 Å². The van der Waals surface area contributed by atoms with Gasteiger partial charge in [-0.1, -0.05) is 17.7 Å². The van der Waals surface area contributed by atoms with Crippen LogP contribution in [-0.4, -0.2) is 11.1 Å². The molecule has 0 aromatic heterocycles. The molecule has 0 saturated heterocycles. The smallest absolute Gasteiger partial charge is 0.335 e. The Morgan fingerprint density at radius 1 is 0.947 bits per heavy atom. The molecule has 2 aromatic carbocycles. The molecule has 2 nitrogen and oxygen atoms in total. The number of halogens is 1. The van der Waals surface area contributed by atoms with Gasteiger partial charge in [-0.15, -0.1) is 0 Å². The number of carbonyl (C=O) groups is 1. The van der Waals surface area contributed by atoms with Gasteiger partial charge < -0.3 is 5.11 Å². The quantitative estimate of drug-likeness (QED) is 0.867. The number of benzene rings is 2. The van der Waals surface area contributed by atoms with Crippen LogP contribution in [-0.2, 0) is 0 Å². The third-order valence-corrected chi connectivity index (χ3v) is 3.67. The van der Waals surface area contributed by atoms with Gasteiger partial charge in [0.1, 0.15) is 0 Å². The van der Waals surface area contributed by atoms with E-state index in [0.717, 1.165) is 27.8 Å². The molecule has 3 heteroatoms. The Hall–Kier alpha value is -1.80. The average molecular weight is 275 g/mol. The van der Waals surface area contributed by atoms with Gasteiger partial charge in [0.05, 0.1) is 5.56 Å². The molecule has 0 spiro atoms. The fourth-order valence-corrected chi connectivity index (χ4v) is 2.35.